The van der Waals surface area contributed by atoms with Gasteiger partial charge in [0.05, 0.1) is 0 Å². The van der Waals surface area contributed by atoms with E-state index in [9.17, 15) is 14.4 Å². The molecule has 0 spiro atoms. The Morgan fingerprint density at radius 1 is 1.08 bits per heavy atom. The summed E-state index contributed by atoms with van der Waals surface area (Å²) in [5, 5.41) is 0.521. The molecule has 1 aromatic carbocycles. The number of rotatable bonds is 2. The van der Waals surface area contributed by atoms with Gasteiger partial charge >= 0.3 is 0 Å². The lowest BCUT2D eigenvalue weighted by Gasteiger charge is -2.09. The number of hydrazine groups is 1. The average Bonchev–Trinajstić information content (AvgIpc) is 2.91. The molecule has 24 heavy (non-hydrogen) atoms. The van der Waals surface area contributed by atoms with E-state index in [4.69, 9.17) is 11.6 Å². The van der Waals surface area contributed by atoms with Crippen LogP contribution < -0.4 is 10.9 Å². The van der Waals surface area contributed by atoms with Gasteiger partial charge in [0.2, 0.25) is 0 Å². The van der Waals surface area contributed by atoms with Gasteiger partial charge in [-0.1, -0.05) is 11.6 Å². The summed E-state index contributed by atoms with van der Waals surface area (Å²) in [6.45, 7) is 1.73. The minimum Gasteiger partial charge on any atom is -0.354 e. The molecule has 3 N–H and O–H groups in total. The third-order valence-electron chi connectivity index (χ3n) is 4.06. The van der Waals surface area contributed by atoms with Gasteiger partial charge in [-0.3, -0.25) is 25.2 Å². The molecule has 0 fully saturated rings. The molecule has 0 saturated carbocycles. The number of aryl methyl sites for hydroxylation is 1. The number of nitrogens with one attached hydrogen (secondary N) is 3. The first-order valence-corrected chi connectivity index (χ1v) is 7.96. The van der Waals surface area contributed by atoms with E-state index in [0.717, 1.165) is 18.5 Å². The standard InChI is InChI=1S/C17H16ClN3O3/c1-9-14-12(3-2-4-13(14)22)19-15(9)17(24)21-20-16(23)10-5-7-11(18)8-6-10/h5-8,19H,2-4H2,1H3,(H,20,23)(H,21,24). The zero-order valence-electron chi connectivity index (χ0n) is 13.0. The van der Waals surface area contributed by atoms with Gasteiger partial charge in [0.1, 0.15) is 5.69 Å². The molecular weight excluding hydrogens is 330 g/mol. The highest BCUT2D eigenvalue weighted by molar-refractivity contribution is 6.30. The van der Waals surface area contributed by atoms with Gasteiger partial charge in [-0.25, -0.2) is 0 Å². The first-order valence-electron chi connectivity index (χ1n) is 7.58. The summed E-state index contributed by atoms with van der Waals surface area (Å²) in [5.74, 6) is -0.892. The molecule has 7 heteroatoms. The van der Waals surface area contributed by atoms with Crippen molar-refractivity contribution in [2.45, 2.75) is 26.2 Å². The van der Waals surface area contributed by atoms with Crippen molar-refractivity contribution in [1.82, 2.24) is 15.8 Å². The summed E-state index contributed by atoms with van der Waals surface area (Å²) in [6, 6.07) is 6.29. The molecule has 1 aromatic heterocycles. The maximum atomic E-state index is 12.3. The summed E-state index contributed by atoms with van der Waals surface area (Å²) in [7, 11) is 0. The van der Waals surface area contributed by atoms with Crippen LogP contribution in [0.15, 0.2) is 24.3 Å². The highest BCUT2D eigenvalue weighted by Crippen LogP contribution is 2.26. The summed E-state index contributed by atoms with van der Waals surface area (Å²) in [5.41, 5.74) is 7.40. The molecule has 2 aromatic rings. The smallest absolute Gasteiger partial charge is 0.286 e. The Bertz CT molecular complexity index is 824. The van der Waals surface area contributed by atoms with E-state index in [0.29, 0.717) is 33.8 Å². The molecule has 6 nitrogen and oxygen atoms in total. The van der Waals surface area contributed by atoms with E-state index in [1.807, 2.05) is 0 Å². The number of halogens is 1. The van der Waals surface area contributed by atoms with Crippen molar-refractivity contribution in [1.29, 1.82) is 0 Å². The quantitative estimate of drug-likeness (QED) is 0.730. The molecule has 0 unspecified atom stereocenters. The molecular formula is C17H16ClN3O3. The van der Waals surface area contributed by atoms with Gasteiger partial charge in [-0.2, -0.15) is 0 Å². The predicted octanol–water partition coefficient (Wildman–Crippen LogP) is 2.57. The minimum atomic E-state index is -0.489. The fourth-order valence-electron chi connectivity index (χ4n) is 2.85. The van der Waals surface area contributed by atoms with Crippen LogP contribution in [0.2, 0.25) is 5.02 Å². The Balaban J connectivity index is 1.71. The molecule has 1 aliphatic rings. The van der Waals surface area contributed by atoms with Crippen LogP contribution in [0, 0.1) is 6.92 Å². The van der Waals surface area contributed by atoms with Crippen molar-refractivity contribution in [3.63, 3.8) is 0 Å². The van der Waals surface area contributed by atoms with Crippen LogP contribution in [0.1, 0.15) is 55.3 Å². The monoisotopic (exact) mass is 345 g/mol. The van der Waals surface area contributed by atoms with E-state index in [2.05, 4.69) is 15.8 Å². The van der Waals surface area contributed by atoms with Crippen molar-refractivity contribution in [3.8, 4) is 0 Å². The number of fused-ring (bicyclic) bond motifs is 1. The average molecular weight is 346 g/mol. The maximum Gasteiger partial charge on any atom is 0.286 e. The summed E-state index contributed by atoms with van der Waals surface area (Å²) in [6.07, 6.45) is 2.02. The van der Waals surface area contributed by atoms with E-state index in [1.54, 1.807) is 31.2 Å². The number of ketones is 1. The second kappa shape index (κ2) is 6.49. The van der Waals surface area contributed by atoms with Crippen LogP contribution >= 0.6 is 11.6 Å². The van der Waals surface area contributed by atoms with Crippen molar-refractivity contribution in [2.75, 3.05) is 0 Å². The Morgan fingerprint density at radius 2 is 1.75 bits per heavy atom. The highest BCUT2D eigenvalue weighted by atomic mass is 35.5. The molecule has 1 heterocycles. The lowest BCUT2D eigenvalue weighted by atomic mass is 9.94. The number of aromatic amines is 1. The van der Waals surface area contributed by atoms with Gasteiger partial charge in [-0.15, -0.1) is 0 Å². The summed E-state index contributed by atoms with van der Waals surface area (Å²) < 4.78 is 0. The largest absolute Gasteiger partial charge is 0.354 e. The first-order chi connectivity index (χ1) is 11.5. The fraction of sp³-hybridized carbons (Fsp3) is 0.235. The number of H-pyrrole nitrogens is 1. The Morgan fingerprint density at radius 3 is 2.42 bits per heavy atom. The second-order valence-corrected chi connectivity index (χ2v) is 6.11. The van der Waals surface area contributed by atoms with Crippen molar-refractivity contribution >= 4 is 29.2 Å². The Labute approximate surface area is 143 Å². The summed E-state index contributed by atoms with van der Waals surface area (Å²) in [4.78, 5) is 39.3. The van der Waals surface area contributed by atoms with E-state index >= 15 is 0 Å². The first kappa shape index (κ1) is 16.3. The summed E-state index contributed by atoms with van der Waals surface area (Å²) >= 11 is 5.77. The molecule has 1 aliphatic carbocycles. The lowest BCUT2D eigenvalue weighted by Crippen LogP contribution is -2.42. The molecule has 0 radical (unpaired) electrons. The number of aromatic nitrogens is 1. The topological polar surface area (TPSA) is 91.1 Å². The van der Waals surface area contributed by atoms with Gasteiger partial charge in [0.25, 0.3) is 11.8 Å². The van der Waals surface area contributed by atoms with Crippen LogP contribution in [0.25, 0.3) is 0 Å². The van der Waals surface area contributed by atoms with E-state index in [-0.39, 0.29) is 5.78 Å². The third kappa shape index (κ3) is 3.05. The van der Waals surface area contributed by atoms with E-state index in [1.165, 1.54) is 0 Å². The lowest BCUT2D eigenvalue weighted by molar-refractivity contribution is 0.0844. The number of carbonyl (C=O) groups is 3. The molecule has 0 bridgehead atoms. The van der Waals surface area contributed by atoms with Gasteiger partial charge in [0.15, 0.2) is 5.78 Å². The fourth-order valence-corrected chi connectivity index (χ4v) is 2.98. The van der Waals surface area contributed by atoms with Gasteiger partial charge in [-0.05, 0) is 49.6 Å². The molecule has 0 saturated heterocycles. The number of hydrogen-bond donors (Lipinski definition) is 3. The molecule has 124 valence electrons. The zero-order chi connectivity index (χ0) is 17.3. The van der Waals surface area contributed by atoms with Crippen LogP contribution in [0.3, 0.4) is 0 Å². The number of amides is 2. The maximum absolute atomic E-state index is 12.3. The number of Topliss-reactive ketones (excluding diaryl/α,β-unsaturated/α-hetero) is 1. The minimum absolute atomic E-state index is 0.0502. The van der Waals surface area contributed by atoms with Crippen LogP contribution in [0.5, 0.6) is 0 Å². The Kier molecular flexibility index (Phi) is 4.40. The SMILES string of the molecule is Cc1c(C(=O)NNC(=O)c2ccc(Cl)cc2)[nH]c2c1C(=O)CCC2. The Hall–Kier alpha value is -2.60. The highest BCUT2D eigenvalue weighted by Gasteiger charge is 2.26. The van der Waals surface area contributed by atoms with Crippen molar-refractivity contribution in [3.05, 3.63) is 57.4 Å². The number of carbonyl (C=O) groups excluding carboxylic acids is 3. The molecule has 3 rings (SSSR count). The number of hydrogen-bond acceptors (Lipinski definition) is 3. The van der Waals surface area contributed by atoms with Gasteiger partial charge < -0.3 is 4.98 Å². The van der Waals surface area contributed by atoms with Crippen LogP contribution in [0.4, 0.5) is 0 Å². The van der Waals surface area contributed by atoms with Gasteiger partial charge in [0, 0.05) is 28.3 Å². The van der Waals surface area contributed by atoms with Crippen molar-refractivity contribution < 1.29 is 14.4 Å². The van der Waals surface area contributed by atoms with E-state index < -0.39 is 11.8 Å². The zero-order valence-corrected chi connectivity index (χ0v) is 13.8. The second-order valence-electron chi connectivity index (χ2n) is 5.67. The van der Waals surface area contributed by atoms with Crippen LogP contribution in [-0.4, -0.2) is 22.6 Å². The molecule has 0 aliphatic heterocycles. The normalized spacial score (nSPS) is 13.3. The van der Waals surface area contributed by atoms with Crippen molar-refractivity contribution in [2.24, 2.45) is 0 Å². The predicted molar refractivity (Wildman–Crippen MR) is 89.2 cm³/mol. The van der Waals surface area contributed by atoms with Crippen LogP contribution in [-0.2, 0) is 6.42 Å². The molecule has 0 atom stereocenters. The molecule has 2 amide bonds. The third-order valence-corrected chi connectivity index (χ3v) is 4.31. The number of benzene rings is 1.